The second-order valence-corrected chi connectivity index (χ2v) is 6.17. The number of hydrogen-bond donors (Lipinski definition) is 0. The van der Waals surface area contributed by atoms with E-state index in [2.05, 4.69) is 24.5 Å². The third-order valence-corrected chi connectivity index (χ3v) is 4.29. The summed E-state index contributed by atoms with van der Waals surface area (Å²) in [4.78, 5) is 0. The minimum Gasteiger partial charge on any atom is -0.454 e. The van der Waals surface area contributed by atoms with E-state index in [0.717, 1.165) is 29.2 Å². The largest absolute Gasteiger partial charge is 0.454 e. The number of hydrogen-bond acceptors (Lipinski definition) is 4. The van der Waals surface area contributed by atoms with E-state index in [-0.39, 0.29) is 6.10 Å². The second-order valence-electron chi connectivity index (χ2n) is 5.18. The molecule has 4 heteroatoms. The van der Waals surface area contributed by atoms with Gasteiger partial charge in [-0.05, 0) is 41.7 Å². The van der Waals surface area contributed by atoms with E-state index in [4.69, 9.17) is 14.2 Å². The highest BCUT2D eigenvalue weighted by atomic mass is 32.2. The molecule has 0 N–H and O–H groups in total. The highest BCUT2D eigenvalue weighted by molar-refractivity contribution is 7.98. The maximum Gasteiger partial charge on any atom is 0.231 e. The van der Waals surface area contributed by atoms with Crippen molar-refractivity contribution in [1.29, 1.82) is 0 Å². The lowest BCUT2D eigenvalue weighted by molar-refractivity contribution is 0.0378. The molecule has 1 aliphatic rings. The third-order valence-electron chi connectivity index (χ3n) is 3.65. The van der Waals surface area contributed by atoms with E-state index >= 15 is 0 Å². The van der Waals surface area contributed by atoms with Crippen LogP contribution in [0.15, 0.2) is 48.5 Å². The van der Waals surface area contributed by atoms with Gasteiger partial charge >= 0.3 is 0 Å². The molecular weight excluding hydrogens is 296 g/mol. The average molecular weight is 316 g/mol. The van der Waals surface area contributed by atoms with E-state index in [1.165, 1.54) is 5.56 Å². The Morgan fingerprint density at radius 2 is 1.91 bits per heavy atom. The predicted molar refractivity (Wildman–Crippen MR) is 89.5 cm³/mol. The molecule has 0 radical (unpaired) electrons. The summed E-state index contributed by atoms with van der Waals surface area (Å²) in [5.41, 5.74) is 2.34. The zero-order chi connectivity index (χ0) is 15.2. The van der Waals surface area contributed by atoms with Gasteiger partial charge in [0, 0.05) is 0 Å². The van der Waals surface area contributed by atoms with Crippen molar-refractivity contribution >= 4 is 11.8 Å². The summed E-state index contributed by atoms with van der Waals surface area (Å²) in [5, 5.41) is 0. The Bertz CT molecular complexity index is 601. The summed E-state index contributed by atoms with van der Waals surface area (Å²) >= 11 is 1.84. The van der Waals surface area contributed by atoms with Gasteiger partial charge in [-0.15, -0.1) is 0 Å². The molecular formula is C18H20O3S. The first-order valence-electron chi connectivity index (χ1n) is 7.41. The predicted octanol–water partition coefficient (Wildman–Crippen LogP) is 4.43. The van der Waals surface area contributed by atoms with Crippen LogP contribution in [0.3, 0.4) is 0 Å². The molecule has 116 valence electrons. The number of thioether (sulfide) groups is 1. The third kappa shape index (κ3) is 3.76. The molecule has 3 nitrogen and oxygen atoms in total. The van der Waals surface area contributed by atoms with E-state index in [1.807, 2.05) is 42.1 Å². The van der Waals surface area contributed by atoms with Gasteiger partial charge < -0.3 is 14.2 Å². The fourth-order valence-electron chi connectivity index (χ4n) is 2.46. The average Bonchev–Trinajstić information content (AvgIpc) is 3.03. The van der Waals surface area contributed by atoms with Gasteiger partial charge in [-0.2, -0.15) is 11.8 Å². The molecule has 1 heterocycles. The van der Waals surface area contributed by atoms with Crippen LogP contribution in [-0.2, 0) is 11.3 Å². The van der Waals surface area contributed by atoms with Gasteiger partial charge in [0.15, 0.2) is 11.5 Å². The Morgan fingerprint density at radius 1 is 1.09 bits per heavy atom. The monoisotopic (exact) mass is 316 g/mol. The maximum absolute atomic E-state index is 6.17. The molecule has 0 saturated carbocycles. The maximum atomic E-state index is 6.17. The molecule has 0 spiro atoms. The van der Waals surface area contributed by atoms with Crippen LogP contribution >= 0.6 is 11.8 Å². The first kappa shape index (κ1) is 15.3. The van der Waals surface area contributed by atoms with Crippen molar-refractivity contribution in [3.8, 4) is 11.5 Å². The molecule has 22 heavy (non-hydrogen) atoms. The first-order valence-corrected chi connectivity index (χ1v) is 8.80. The van der Waals surface area contributed by atoms with Crippen LogP contribution in [0.5, 0.6) is 11.5 Å². The number of benzene rings is 2. The van der Waals surface area contributed by atoms with E-state index < -0.39 is 0 Å². The number of rotatable bonds is 7. The molecule has 0 aliphatic carbocycles. The van der Waals surface area contributed by atoms with E-state index in [0.29, 0.717) is 13.4 Å². The minimum absolute atomic E-state index is 0.0714. The van der Waals surface area contributed by atoms with Crippen LogP contribution in [0.2, 0.25) is 0 Å². The Labute approximate surface area is 135 Å². The molecule has 3 rings (SSSR count). The molecule has 1 aliphatic heterocycles. The van der Waals surface area contributed by atoms with Gasteiger partial charge in [0.1, 0.15) is 0 Å². The highest BCUT2D eigenvalue weighted by Crippen LogP contribution is 2.36. The zero-order valence-corrected chi connectivity index (χ0v) is 13.5. The Morgan fingerprint density at radius 3 is 2.73 bits per heavy atom. The van der Waals surface area contributed by atoms with Crippen molar-refractivity contribution in [2.75, 3.05) is 18.8 Å². The second kappa shape index (κ2) is 7.56. The van der Waals surface area contributed by atoms with E-state index in [1.54, 1.807) is 0 Å². The molecule has 0 saturated heterocycles. The van der Waals surface area contributed by atoms with Crippen LogP contribution in [0, 0.1) is 0 Å². The van der Waals surface area contributed by atoms with Crippen LogP contribution in [0.25, 0.3) is 0 Å². The van der Waals surface area contributed by atoms with Gasteiger partial charge in [0.25, 0.3) is 0 Å². The molecule has 2 aromatic rings. The van der Waals surface area contributed by atoms with Gasteiger partial charge in [0.2, 0.25) is 6.79 Å². The van der Waals surface area contributed by atoms with E-state index in [9.17, 15) is 0 Å². The van der Waals surface area contributed by atoms with Crippen molar-refractivity contribution in [2.45, 2.75) is 19.1 Å². The smallest absolute Gasteiger partial charge is 0.231 e. The molecule has 1 unspecified atom stereocenters. The molecule has 2 aromatic carbocycles. The molecule has 0 aromatic heterocycles. The van der Waals surface area contributed by atoms with Gasteiger partial charge in [0.05, 0.1) is 12.7 Å². The van der Waals surface area contributed by atoms with Crippen molar-refractivity contribution < 1.29 is 14.2 Å². The standard InChI is InChI=1S/C18H20O3S/c1-22-10-9-16(19-12-14-5-3-2-4-6-14)15-7-8-17-18(11-15)21-13-20-17/h2-8,11,16H,9-10,12-13H2,1H3. The van der Waals surface area contributed by atoms with Crippen molar-refractivity contribution in [1.82, 2.24) is 0 Å². The lowest BCUT2D eigenvalue weighted by atomic mass is 10.1. The summed E-state index contributed by atoms with van der Waals surface area (Å²) < 4.78 is 17.0. The number of fused-ring (bicyclic) bond motifs is 1. The van der Waals surface area contributed by atoms with Crippen LogP contribution in [-0.4, -0.2) is 18.8 Å². The van der Waals surface area contributed by atoms with Crippen LogP contribution < -0.4 is 9.47 Å². The quantitative estimate of drug-likeness (QED) is 0.755. The van der Waals surface area contributed by atoms with Gasteiger partial charge in [-0.1, -0.05) is 36.4 Å². The topological polar surface area (TPSA) is 27.7 Å². The van der Waals surface area contributed by atoms with Crippen molar-refractivity contribution in [3.63, 3.8) is 0 Å². The van der Waals surface area contributed by atoms with Crippen LogP contribution in [0.1, 0.15) is 23.7 Å². The minimum atomic E-state index is 0.0714. The zero-order valence-electron chi connectivity index (χ0n) is 12.7. The Hall–Kier alpha value is -1.65. The summed E-state index contributed by atoms with van der Waals surface area (Å²) in [5.74, 6) is 2.69. The summed E-state index contributed by atoms with van der Waals surface area (Å²) in [6.45, 7) is 0.924. The summed E-state index contributed by atoms with van der Waals surface area (Å²) in [6.07, 6.45) is 3.17. The Kier molecular flexibility index (Phi) is 5.24. The van der Waals surface area contributed by atoms with Crippen LogP contribution in [0.4, 0.5) is 0 Å². The first-order chi connectivity index (χ1) is 10.9. The molecule has 0 fully saturated rings. The highest BCUT2D eigenvalue weighted by Gasteiger charge is 2.18. The number of ether oxygens (including phenoxy) is 3. The fourth-order valence-corrected chi connectivity index (χ4v) is 2.91. The SMILES string of the molecule is CSCCC(OCc1ccccc1)c1ccc2c(c1)OCO2. The lowest BCUT2D eigenvalue weighted by Crippen LogP contribution is -2.06. The van der Waals surface area contributed by atoms with Gasteiger partial charge in [-0.25, -0.2) is 0 Å². The lowest BCUT2D eigenvalue weighted by Gasteiger charge is -2.18. The van der Waals surface area contributed by atoms with Crippen molar-refractivity contribution in [2.24, 2.45) is 0 Å². The summed E-state index contributed by atoms with van der Waals surface area (Å²) in [7, 11) is 0. The molecule has 0 amide bonds. The normalized spacial score (nSPS) is 14.0. The molecule has 1 atom stereocenters. The van der Waals surface area contributed by atoms with Crippen molar-refractivity contribution in [3.05, 3.63) is 59.7 Å². The molecule has 0 bridgehead atoms. The van der Waals surface area contributed by atoms with Gasteiger partial charge in [-0.3, -0.25) is 0 Å². The fraction of sp³-hybridized carbons (Fsp3) is 0.333. The Balaban J connectivity index is 1.71. The summed E-state index contributed by atoms with van der Waals surface area (Å²) in [6, 6.07) is 16.4.